The third-order valence-electron chi connectivity index (χ3n) is 4.39. The Hall–Kier alpha value is -2.81. The molecule has 1 aliphatic heterocycles. The number of ether oxygens (including phenoxy) is 1. The van der Waals surface area contributed by atoms with Gasteiger partial charge < -0.3 is 24.8 Å². The molecule has 0 spiro atoms. The normalized spacial score (nSPS) is 17.2. The van der Waals surface area contributed by atoms with Gasteiger partial charge >= 0.3 is 6.09 Å². The minimum Gasteiger partial charge on any atom is -0.444 e. The number of alkyl carbamates (subject to hydrolysis) is 1. The number of guanidine groups is 1. The SMILES string of the molecule is CN=C(NCc1nc(-c2ccc(Cl)cc2)no1)N1CCC(NC(=O)OC(C)(C)C)C1. The molecule has 0 aliphatic carbocycles. The lowest BCUT2D eigenvalue weighted by molar-refractivity contribution is 0.0507. The minimum atomic E-state index is -0.519. The molecular weight excluding hydrogens is 408 g/mol. The molecule has 1 saturated heterocycles. The minimum absolute atomic E-state index is 0.00156. The number of hydrogen-bond acceptors (Lipinski definition) is 6. The number of nitrogens with one attached hydrogen (secondary N) is 2. The van der Waals surface area contributed by atoms with Gasteiger partial charge in [0.15, 0.2) is 5.96 Å². The summed E-state index contributed by atoms with van der Waals surface area (Å²) in [6.07, 6.45) is 0.402. The van der Waals surface area contributed by atoms with Crippen LogP contribution in [0.5, 0.6) is 0 Å². The molecule has 0 radical (unpaired) electrons. The van der Waals surface area contributed by atoms with Crippen LogP contribution in [0.3, 0.4) is 0 Å². The van der Waals surface area contributed by atoms with Crippen LogP contribution in [0, 0.1) is 0 Å². The van der Waals surface area contributed by atoms with Crippen molar-refractivity contribution < 1.29 is 14.1 Å². The van der Waals surface area contributed by atoms with E-state index >= 15 is 0 Å². The average Bonchev–Trinajstić information content (AvgIpc) is 3.31. The van der Waals surface area contributed by atoms with Crippen molar-refractivity contribution in [3.63, 3.8) is 0 Å². The number of rotatable bonds is 4. The zero-order valence-corrected chi connectivity index (χ0v) is 18.4. The molecule has 1 atom stereocenters. The Morgan fingerprint density at radius 3 is 2.77 bits per heavy atom. The van der Waals surface area contributed by atoms with E-state index in [2.05, 4.69) is 30.7 Å². The summed E-state index contributed by atoms with van der Waals surface area (Å²) in [4.78, 5) is 22.8. The summed E-state index contributed by atoms with van der Waals surface area (Å²) in [6.45, 7) is 7.27. The lowest BCUT2D eigenvalue weighted by Crippen LogP contribution is -2.44. The van der Waals surface area contributed by atoms with Crippen molar-refractivity contribution in [1.29, 1.82) is 0 Å². The van der Waals surface area contributed by atoms with E-state index < -0.39 is 11.7 Å². The van der Waals surface area contributed by atoms with Gasteiger partial charge in [-0.3, -0.25) is 4.99 Å². The second-order valence-electron chi connectivity index (χ2n) is 8.00. The van der Waals surface area contributed by atoms with Gasteiger partial charge in [-0.2, -0.15) is 4.98 Å². The maximum Gasteiger partial charge on any atom is 0.407 e. The molecule has 1 aromatic heterocycles. The highest BCUT2D eigenvalue weighted by atomic mass is 35.5. The van der Waals surface area contributed by atoms with Crippen LogP contribution < -0.4 is 10.6 Å². The molecule has 162 valence electrons. The van der Waals surface area contributed by atoms with Gasteiger partial charge in [-0.15, -0.1) is 0 Å². The Morgan fingerprint density at radius 2 is 2.10 bits per heavy atom. The Labute approximate surface area is 180 Å². The molecule has 0 bridgehead atoms. The second kappa shape index (κ2) is 9.34. The topological polar surface area (TPSA) is 105 Å². The van der Waals surface area contributed by atoms with Crippen molar-refractivity contribution >= 4 is 23.7 Å². The largest absolute Gasteiger partial charge is 0.444 e. The van der Waals surface area contributed by atoms with E-state index in [9.17, 15) is 4.79 Å². The van der Waals surface area contributed by atoms with E-state index in [0.717, 1.165) is 18.5 Å². The Kier molecular flexibility index (Phi) is 6.81. The standard InChI is InChI=1S/C20H27ClN6O3/c1-20(2,3)29-19(28)24-15-9-10-27(12-15)18(22-4)23-11-16-25-17(26-30-16)13-5-7-14(21)8-6-13/h5-8,15H,9-12H2,1-4H3,(H,22,23)(H,24,28). The maximum absolute atomic E-state index is 12.0. The Bertz CT molecular complexity index is 891. The fourth-order valence-corrected chi connectivity index (χ4v) is 3.20. The fourth-order valence-electron chi connectivity index (χ4n) is 3.07. The lowest BCUT2D eigenvalue weighted by atomic mass is 10.2. The number of hydrogen-bond donors (Lipinski definition) is 2. The van der Waals surface area contributed by atoms with Crippen LogP contribution >= 0.6 is 11.6 Å². The number of carbonyl (C=O) groups excluding carboxylic acids is 1. The molecule has 2 heterocycles. The lowest BCUT2D eigenvalue weighted by Gasteiger charge is -2.23. The summed E-state index contributed by atoms with van der Waals surface area (Å²) in [7, 11) is 1.71. The molecule has 30 heavy (non-hydrogen) atoms. The molecule has 1 amide bonds. The quantitative estimate of drug-likeness (QED) is 0.562. The molecule has 0 saturated carbocycles. The summed E-state index contributed by atoms with van der Waals surface area (Å²) in [6, 6.07) is 7.24. The van der Waals surface area contributed by atoms with Gasteiger partial charge in [0.2, 0.25) is 11.7 Å². The smallest absolute Gasteiger partial charge is 0.407 e. The third-order valence-corrected chi connectivity index (χ3v) is 4.64. The predicted molar refractivity (Wildman–Crippen MR) is 114 cm³/mol. The first kappa shape index (κ1) is 21.9. The molecule has 2 N–H and O–H groups in total. The van der Waals surface area contributed by atoms with Crippen molar-refractivity contribution in [1.82, 2.24) is 25.7 Å². The van der Waals surface area contributed by atoms with E-state index in [1.165, 1.54) is 0 Å². The van der Waals surface area contributed by atoms with Gasteiger partial charge in [0.05, 0.1) is 12.6 Å². The molecule has 1 aromatic carbocycles. The number of halogens is 1. The summed E-state index contributed by atoms with van der Waals surface area (Å²) in [5, 5.41) is 10.8. The van der Waals surface area contributed by atoms with Gasteiger partial charge in [0, 0.05) is 30.7 Å². The predicted octanol–water partition coefficient (Wildman–Crippen LogP) is 3.06. The second-order valence-corrected chi connectivity index (χ2v) is 8.43. The van der Waals surface area contributed by atoms with Crippen molar-refractivity contribution in [2.24, 2.45) is 4.99 Å². The summed E-state index contributed by atoms with van der Waals surface area (Å²) in [5.41, 5.74) is 0.309. The number of amides is 1. The van der Waals surface area contributed by atoms with Gasteiger partial charge in [-0.05, 0) is 51.5 Å². The monoisotopic (exact) mass is 434 g/mol. The number of aliphatic imine (C=N–C) groups is 1. The van der Waals surface area contributed by atoms with Gasteiger partial charge in [-0.1, -0.05) is 16.8 Å². The van der Waals surface area contributed by atoms with E-state index in [1.807, 2.05) is 32.9 Å². The first-order valence-corrected chi connectivity index (χ1v) is 10.1. The maximum atomic E-state index is 12.0. The molecule has 9 nitrogen and oxygen atoms in total. The molecule has 3 rings (SSSR count). The molecule has 10 heteroatoms. The van der Waals surface area contributed by atoms with E-state index in [4.69, 9.17) is 20.9 Å². The van der Waals surface area contributed by atoms with Crippen LogP contribution in [-0.4, -0.2) is 58.9 Å². The van der Waals surface area contributed by atoms with Crippen molar-refractivity contribution in [3.05, 3.63) is 35.2 Å². The number of benzene rings is 1. The summed E-state index contributed by atoms with van der Waals surface area (Å²) >= 11 is 5.91. The summed E-state index contributed by atoms with van der Waals surface area (Å²) < 4.78 is 10.6. The van der Waals surface area contributed by atoms with E-state index in [1.54, 1.807) is 19.2 Å². The number of nitrogens with zero attached hydrogens (tertiary/aromatic N) is 4. The number of likely N-dealkylation sites (tertiary alicyclic amines) is 1. The molecular formula is C20H27ClN6O3. The highest BCUT2D eigenvalue weighted by molar-refractivity contribution is 6.30. The highest BCUT2D eigenvalue weighted by Gasteiger charge is 2.28. The molecule has 1 fully saturated rings. The summed E-state index contributed by atoms with van der Waals surface area (Å²) in [5.74, 6) is 1.65. The van der Waals surface area contributed by atoms with E-state index in [-0.39, 0.29) is 6.04 Å². The van der Waals surface area contributed by atoms with Crippen LogP contribution in [-0.2, 0) is 11.3 Å². The number of carbonyl (C=O) groups is 1. The Morgan fingerprint density at radius 1 is 1.37 bits per heavy atom. The Balaban J connectivity index is 1.51. The zero-order valence-electron chi connectivity index (χ0n) is 17.6. The van der Waals surface area contributed by atoms with Crippen molar-refractivity contribution in [2.75, 3.05) is 20.1 Å². The van der Waals surface area contributed by atoms with Gasteiger partial charge in [0.25, 0.3) is 0 Å². The van der Waals surface area contributed by atoms with Gasteiger partial charge in [-0.25, -0.2) is 4.79 Å². The molecule has 2 aromatic rings. The van der Waals surface area contributed by atoms with Crippen molar-refractivity contribution in [3.8, 4) is 11.4 Å². The highest BCUT2D eigenvalue weighted by Crippen LogP contribution is 2.18. The third kappa shape index (κ3) is 6.09. The zero-order chi connectivity index (χ0) is 21.7. The van der Waals surface area contributed by atoms with Crippen LogP contribution in [0.1, 0.15) is 33.1 Å². The first-order chi connectivity index (χ1) is 14.2. The first-order valence-electron chi connectivity index (χ1n) is 9.77. The van der Waals surface area contributed by atoms with Crippen LogP contribution in [0.15, 0.2) is 33.8 Å². The van der Waals surface area contributed by atoms with E-state index in [0.29, 0.717) is 35.8 Å². The fraction of sp³-hybridized carbons (Fsp3) is 0.500. The number of aromatic nitrogens is 2. The van der Waals surface area contributed by atoms with Crippen LogP contribution in [0.2, 0.25) is 5.02 Å². The van der Waals surface area contributed by atoms with Gasteiger partial charge in [0.1, 0.15) is 5.60 Å². The van der Waals surface area contributed by atoms with Crippen molar-refractivity contribution in [2.45, 2.75) is 45.4 Å². The molecule has 1 aliphatic rings. The van der Waals surface area contributed by atoms with Crippen LogP contribution in [0.4, 0.5) is 4.79 Å². The molecule has 1 unspecified atom stereocenters. The van der Waals surface area contributed by atoms with Crippen LogP contribution in [0.25, 0.3) is 11.4 Å². The average molecular weight is 435 g/mol.